The summed E-state index contributed by atoms with van der Waals surface area (Å²) >= 11 is 0. The van der Waals surface area contributed by atoms with Gasteiger partial charge >= 0.3 is 0 Å². The Kier molecular flexibility index (Phi) is 8.19. The monoisotopic (exact) mass is 550 g/mol. The van der Waals surface area contributed by atoms with E-state index in [0.717, 1.165) is 35.5 Å². The Bertz CT molecular complexity index is 1530. The molecule has 0 spiro atoms. The van der Waals surface area contributed by atoms with Crippen LogP contribution in [0, 0.1) is 13.8 Å². The number of piperidine rings is 1. The normalized spacial score (nSPS) is 13.9. The number of carbonyl (C=O) groups is 2. The van der Waals surface area contributed by atoms with Gasteiger partial charge in [0, 0.05) is 55.4 Å². The molecule has 2 N–H and O–H groups in total. The molecule has 0 saturated carbocycles. The van der Waals surface area contributed by atoms with Crippen LogP contribution in [-0.2, 0) is 7.05 Å². The fourth-order valence-electron chi connectivity index (χ4n) is 5.41. The Morgan fingerprint density at radius 2 is 1.66 bits per heavy atom. The highest BCUT2D eigenvalue weighted by molar-refractivity contribution is 6.05. The number of likely N-dealkylation sites (tertiary alicyclic amines) is 1. The van der Waals surface area contributed by atoms with Crippen LogP contribution in [0.2, 0.25) is 0 Å². The van der Waals surface area contributed by atoms with Gasteiger partial charge in [0.1, 0.15) is 5.82 Å². The summed E-state index contributed by atoms with van der Waals surface area (Å²) in [6, 6.07) is 18.1. The Balaban J connectivity index is 1.20. The number of hydrogen-bond acceptors (Lipinski definition) is 5. The van der Waals surface area contributed by atoms with Crippen molar-refractivity contribution in [3.8, 4) is 11.1 Å². The van der Waals surface area contributed by atoms with Crippen LogP contribution >= 0.6 is 0 Å². The number of amides is 2. The van der Waals surface area contributed by atoms with E-state index in [1.165, 1.54) is 11.1 Å². The number of aryl methyl sites for hydroxylation is 3. The molecular weight excluding hydrogens is 512 g/mol. The zero-order valence-electron chi connectivity index (χ0n) is 24.4. The van der Waals surface area contributed by atoms with E-state index < -0.39 is 0 Å². The zero-order chi connectivity index (χ0) is 29.1. The Morgan fingerprint density at radius 3 is 2.27 bits per heavy atom. The minimum atomic E-state index is -0.258. The molecule has 0 bridgehead atoms. The van der Waals surface area contributed by atoms with Gasteiger partial charge in [-0.15, -0.1) is 0 Å². The highest BCUT2D eigenvalue weighted by Gasteiger charge is 2.25. The maximum Gasteiger partial charge on any atom is 0.257 e. The van der Waals surface area contributed by atoms with Gasteiger partial charge in [-0.05, 0) is 87.4 Å². The lowest BCUT2D eigenvalue weighted by molar-refractivity contribution is 0.0712. The van der Waals surface area contributed by atoms with Gasteiger partial charge in [-0.2, -0.15) is 5.10 Å². The maximum absolute atomic E-state index is 13.4. The third-order valence-corrected chi connectivity index (χ3v) is 7.68. The van der Waals surface area contributed by atoms with E-state index in [9.17, 15) is 9.59 Å². The fourth-order valence-corrected chi connectivity index (χ4v) is 5.41. The molecule has 4 aromatic rings. The first-order valence-corrected chi connectivity index (χ1v) is 14.2. The van der Waals surface area contributed by atoms with Gasteiger partial charge in [-0.25, -0.2) is 4.98 Å². The molecule has 0 aliphatic carbocycles. The van der Waals surface area contributed by atoms with Gasteiger partial charge in [0.2, 0.25) is 0 Å². The number of benzene rings is 2. The first-order chi connectivity index (χ1) is 19.7. The van der Waals surface area contributed by atoms with Crippen molar-refractivity contribution in [2.75, 3.05) is 23.7 Å². The van der Waals surface area contributed by atoms with Crippen LogP contribution < -0.4 is 10.6 Å². The summed E-state index contributed by atoms with van der Waals surface area (Å²) in [5, 5.41) is 10.6. The Hall–Kier alpha value is -4.46. The van der Waals surface area contributed by atoms with Gasteiger partial charge in [-0.3, -0.25) is 14.3 Å². The van der Waals surface area contributed by atoms with Crippen molar-refractivity contribution < 1.29 is 9.59 Å². The molecular formula is C33H38N6O2. The van der Waals surface area contributed by atoms with E-state index in [4.69, 9.17) is 0 Å². The van der Waals surface area contributed by atoms with Crippen molar-refractivity contribution in [1.29, 1.82) is 0 Å². The van der Waals surface area contributed by atoms with Crippen LogP contribution in [-0.4, -0.2) is 50.6 Å². The molecule has 2 aromatic heterocycles. The second-order valence-electron chi connectivity index (χ2n) is 11.2. The van der Waals surface area contributed by atoms with Gasteiger partial charge in [0.15, 0.2) is 0 Å². The standard InChI is InChI=1S/C33H38N6O2/c1-21(2)35-31-13-12-28(19-34-31)32(40)36-30-18-27(7-6-22(30)3)33(41)39-16-14-25(15-17-39)24-8-10-26(11-9-24)29-20-38(5)37-23(29)4/h6-13,18-21,25H,14-17H2,1-5H3,(H,34,35)(H,36,40). The zero-order valence-corrected chi connectivity index (χ0v) is 24.4. The van der Waals surface area contributed by atoms with Gasteiger partial charge in [0.25, 0.3) is 11.8 Å². The summed E-state index contributed by atoms with van der Waals surface area (Å²) in [5.41, 5.74) is 7.22. The van der Waals surface area contributed by atoms with Crippen molar-refractivity contribution in [2.45, 2.75) is 52.5 Å². The van der Waals surface area contributed by atoms with Crippen LogP contribution in [0.5, 0.6) is 0 Å². The highest BCUT2D eigenvalue weighted by atomic mass is 16.2. The van der Waals surface area contributed by atoms with Crippen molar-refractivity contribution in [3.05, 3.63) is 94.9 Å². The number of carbonyl (C=O) groups excluding carboxylic acids is 2. The highest BCUT2D eigenvalue weighted by Crippen LogP contribution is 2.31. The summed E-state index contributed by atoms with van der Waals surface area (Å²) < 4.78 is 1.85. The van der Waals surface area contributed by atoms with Crippen molar-refractivity contribution in [2.24, 2.45) is 7.05 Å². The molecule has 3 heterocycles. The lowest BCUT2D eigenvalue weighted by Gasteiger charge is -2.32. The lowest BCUT2D eigenvalue weighted by atomic mass is 9.88. The maximum atomic E-state index is 13.4. The molecule has 1 fully saturated rings. The predicted octanol–water partition coefficient (Wildman–Crippen LogP) is 6.19. The van der Waals surface area contributed by atoms with E-state index in [-0.39, 0.29) is 17.9 Å². The molecule has 41 heavy (non-hydrogen) atoms. The van der Waals surface area contributed by atoms with Crippen LogP contribution in [0.25, 0.3) is 11.1 Å². The lowest BCUT2D eigenvalue weighted by Crippen LogP contribution is -2.38. The number of hydrogen-bond donors (Lipinski definition) is 2. The number of aromatic nitrogens is 3. The molecule has 0 unspecified atom stereocenters. The van der Waals surface area contributed by atoms with Gasteiger partial charge in [-0.1, -0.05) is 30.3 Å². The molecule has 212 valence electrons. The van der Waals surface area contributed by atoms with Crippen LogP contribution in [0.15, 0.2) is 67.0 Å². The number of pyridine rings is 1. The van der Waals surface area contributed by atoms with E-state index in [1.54, 1.807) is 24.4 Å². The van der Waals surface area contributed by atoms with Gasteiger partial charge < -0.3 is 15.5 Å². The average molecular weight is 551 g/mol. The molecule has 5 rings (SSSR count). The minimum Gasteiger partial charge on any atom is -0.368 e. The average Bonchev–Trinajstić information content (AvgIpc) is 3.31. The van der Waals surface area contributed by atoms with E-state index in [1.807, 2.05) is 56.5 Å². The molecule has 0 atom stereocenters. The molecule has 1 aliphatic rings. The fraction of sp³-hybridized carbons (Fsp3) is 0.333. The number of nitrogens with zero attached hydrogens (tertiary/aromatic N) is 4. The molecule has 0 radical (unpaired) electrons. The van der Waals surface area contributed by atoms with Crippen LogP contribution in [0.4, 0.5) is 11.5 Å². The number of rotatable bonds is 7. The van der Waals surface area contributed by atoms with Crippen LogP contribution in [0.3, 0.4) is 0 Å². The van der Waals surface area contributed by atoms with Crippen molar-refractivity contribution >= 4 is 23.3 Å². The van der Waals surface area contributed by atoms with E-state index >= 15 is 0 Å². The largest absolute Gasteiger partial charge is 0.368 e. The third kappa shape index (κ3) is 6.48. The summed E-state index contributed by atoms with van der Waals surface area (Å²) in [7, 11) is 1.94. The molecule has 2 amide bonds. The van der Waals surface area contributed by atoms with Crippen molar-refractivity contribution in [1.82, 2.24) is 19.7 Å². The second-order valence-corrected chi connectivity index (χ2v) is 11.2. The Morgan fingerprint density at radius 1 is 0.951 bits per heavy atom. The van der Waals surface area contributed by atoms with Crippen molar-refractivity contribution in [3.63, 3.8) is 0 Å². The van der Waals surface area contributed by atoms with Crippen LogP contribution in [0.1, 0.15) is 70.1 Å². The summed E-state index contributed by atoms with van der Waals surface area (Å²) in [6.45, 7) is 9.42. The second kappa shape index (κ2) is 12.0. The minimum absolute atomic E-state index is 0.00729. The number of nitrogens with one attached hydrogen (secondary N) is 2. The molecule has 8 nitrogen and oxygen atoms in total. The first-order valence-electron chi connectivity index (χ1n) is 14.2. The summed E-state index contributed by atoms with van der Waals surface area (Å²) in [5.74, 6) is 0.881. The van der Waals surface area contributed by atoms with Gasteiger partial charge in [0.05, 0.1) is 11.3 Å². The summed E-state index contributed by atoms with van der Waals surface area (Å²) in [4.78, 5) is 32.6. The number of anilines is 2. The Labute approximate surface area is 241 Å². The quantitative estimate of drug-likeness (QED) is 0.286. The van der Waals surface area contributed by atoms with E-state index in [0.29, 0.717) is 35.8 Å². The first kappa shape index (κ1) is 28.1. The molecule has 2 aromatic carbocycles. The molecule has 1 aliphatic heterocycles. The topological polar surface area (TPSA) is 92.2 Å². The smallest absolute Gasteiger partial charge is 0.257 e. The molecule has 1 saturated heterocycles. The van der Waals surface area contributed by atoms with E-state index in [2.05, 4.69) is 51.2 Å². The SMILES string of the molecule is Cc1ccc(C(=O)N2CCC(c3ccc(-c4cn(C)nc4C)cc3)CC2)cc1NC(=O)c1ccc(NC(C)C)nc1. The predicted molar refractivity (Wildman–Crippen MR) is 163 cm³/mol. The molecule has 8 heteroatoms. The summed E-state index contributed by atoms with van der Waals surface area (Å²) in [6.07, 6.45) is 5.44. The third-order valence-electron chi connectivity index (χ3n) is 7.68.